The maximum absolute atomic E-state index is 13.0. The second-order valence-electron chi connectivity index (χ2n) is 13.7. The first-order valence-electron chi connectivity index (χ1n) is 19.1. The molecule has 2 heterocycles. The molecule has 0 bridgehead atoms. The molecule has 13 heteroatoms. The van der Waals surface area contributed by atoms with Gasteiger partial charge in [0.25, 0.3) is 0 Å². The van der Waals surface area contributed by atoms with E-state index < -0.39 is 35.5 Å². The van der Waals surface area contributed by atoms with E-state index in [1.165, 1.54) is 64.6 Å². The van der Waals surface area contributed by atoms with E-state index >= 15 is 0 Å². The second kappa shape index (κ2) is 22.0. The lowest BCUT2D eigenvalue weighted by Crippen LogP contribution is -2.49. The summed E-state index contributed by atoms with van der Waals surface area (Å²) in [6.45, 7) is 6.83. The lowest BCUT2D eigenvalue weighted by Gasteiger charge is -2.35. The first-order valence-corrected chi connectivity index (χ1v) is 19.1. The Labute approximate surface area is 336 Å². The third-order valence-electron chi connectivity index (χ3n) is 9.57. The van der Waals surface area contributed by atoms with Crippen molar-refractivity contribution in [2.75, 3.05) is 13.2 Å². The summed E-state index contributed by atoms with van der Waals surface area (Å²) in [5, 5.41) is 11.7. The number of amides is 1. The molecule has 0 saturated heterocycles. The molecule has 3 atom stereocenters. The summed E-state index contributed by atoms with van der Waals surface area (Å²) in [6.07, 6.45) is 0.893. The van der Waals surface area contributed by atoms with E-state index in [0.717, 1.165) is 24.1 Å². The number of hydrogen-bond acceptors (Lipinski definition) is 9. The number of halogens is 2. The molecule has 4 aromatic carbocycles. The van der Waals surface area contributed by atoms with Crippen LogP contribution >= 0.6 is 0 Å². The van der Waals surface area contributed by atoms with Gasteiger partial charge < -0.3 is 24.8 Å². The number of nitrogens with one attached hydrogen (secondary N) is 1. The van der Waals surface area contributed by atoms with Gasteiger partial charge >= 0.3 is 17.9 Å². The van der Waals surface area contributed by atoms with Gasteiger partial charge in [0, 0.05) is 49.4 Å². The van der Waals surface area contributed by atoms with Crippen molar-refractivity contribution in [1.29, 1.82) is 0 Å². The van der Waals surface area contributed by atoms with Crippen LogP contribution in [0, 0.1) is 17.6 Å². The van der Waals surface area contributed by atoms with Crippen LogP contribution in [0.3, 0.4) is 0 Å². The summed E-state index contributed by atoms with van der Waals surface area (Å²) in [4.78, 5) is 72.5. The fraction of sp³-hybridized carbons (Fsp3) is 0.333. The number of esters is 2. The van der Waals surface area contributed by atoms with Crippen molar-refractivity contribution in [2.45, 2.75) is 78.0 Å². The third kappa shape index (κ3) is 13.0. The molecule has 4 aromatic rings. The van der Waals surface area contributed by atoms with Crippen molar-refractivity contribution in [3.05, 3.63) is 142 Å². The number of benzene rings is 4. The quantitative estimate of drug-likeness (QED) is 0.117. The Morgan fingerprint density at radius 1 is 0.707 bits per heavy atom. The smallest absolute Gasteiger partial charge is 0.329 e. The van der Waals surface area contributed by atoms with Crippen LogP contribution in [-0.4, -0.2) is 70.7 Å². The Balaban J connectivity index is 0.000000210. The van der Waals surface area contributed by atoms with Crippen LogP contribution in [0.4, 0.5) is 8.78 Å². The molecule has 306 valence electrons. The highest BCUT2D eigenvalue weighted by Crippen LogP contribution is 2.25. The minimum absolute atomic E-state index is 0.00183. The van der Waals surface area contributed by atoms with E-state index in [4.69, 9.17) is 14.6 Å². The van der Waals surface area contributed by atoms with E-state index in [1.807, 2.05) is 43.3 Å². The Kier molecular flexibility index (Phi) is 16.9. The number of carboxylic acid groups (broad SMARTS) is 1. The first kappa shape index (κ1) is 44.6. The van der Waals surface area contributed by atoms with Crippen LogP contribution < -0.4 is 5.32 Å². The normalized spacial score (nSPS) is 15.7. The van der Waals surface area contributed by atoms with Gasteiger partial charge in [0.05, 0.1) is 19.6 Å². The molecule has 0 radical (unpaired) electrons. The molecule has 58 heavy (non-hydrogen) atoms. The monoisotopic (exact) mass is 798 g/mol. The van der Waals surface area contributed by atoms with Gasteiger partial charge in [0.2, 0.25) is 5.91 Å². The average Bonchev–Trinajstić information content (AvgIpc) is 3.22. The number of carbonyl (C=O) groups is 6. The van der Waals surface area contributed by atoms with Crippen LogP contribution in [0.15, 0.2) is 97.1 Å². The Morgan fingerprint density at radius 2 is 1.22 bits per heavy atom. The van der Waals surface area contributed by atoms with Gasteiger partial charge in [-0.15, -0.1) is 0 Å². The van der Waals surface area contributed by atoms with Gasteiger partial charge in [-0.3, -0.25) is 24.0 Å². The molecule has 6 rings (SSSR count). The zero-order valence-electron chi connectivity index (χ0n) is 32.7. The summed E-state index contributed by atoms with van der Waals surface area (Å²) >= 11 is 0. The number of aliphatic carboxylic acids is 1. The summed E-state index contributed by atoms with van der Waals surface area (Å²) in [6, 6.07) is 25.3. The minimum Gasteiger partial charge on any atom is -0.481 e. The zero-order valence-corrected chi connectivity index (χ0v) is 32.7. The van der Waals surface area contributed by atoms with Gasteiger partial charge in [-0.2, -0.15) is 0 Å². The van der Waals surface area contributed by atoms with Gasteiger partial charge in [-0.1, -0.05) is 55.5 Å². The average molecular weight is 799 g/mol. The molecule has 0 saturated carbocycles. The van der Waals surface area contributed by atoms with Crippen LogP contribution in [-0.2, 0) is 54.6 Å². The molecular weight excluding hydrogens is 750 g/mol. The summed E-state index contributed by atoms with van der Waals surface area (Å²) in [5.41, 5.74) is 5.23. The van der Waals surface area contributed by atoms with Crippen LogP contribution in [0.25, 0.3) is 0 Å². The fourth-order valence-electron chi connectivity index (χ4n) is 6.50. The van der Waals surface area contributed by atoms with Gasteiger partial charge in [-0.25, -0.2) is 13.6 Å². The summed E-state index contributed by atoms with van der Waals surface area (Å²) in [5.74, 6) is -3.82. The standard InChI is InChI=1S/C22H22FNO4.C12H15NO2.C11H11FO3/c1-2-28-22(27)19-13-16-5-3-4-6-17(16)14-24(19)21(26)12-11-20(25)15-7-9-18(23)10-8-15;1-2-15-12(14)11-7-9-5-3-4-6-10(9)8-13-11;1-7(6-10(13)14)11(15)8-2-4-9(12)5-3-8/h3-10,19H,2,11-14H2,1H3;3-6,11,13H,2,7-8H2,1H3;2-5,7H,6H2,1H3,(H,13,14). The third-order valence-corrected chi connectivity index (χ3v) is 9.57. The van der Waals surface area contributed by atoms with Crippen molar-refractivity contribution in [3.8, 4) is 0 Å². The van der Waals surface area contributed by atoms with E-state index in [1.54, 1.807) is 13.8 Å². The number of hydrogen-bond donors (Lipinski definition) is 2. The minimum atomic E-state index is -1.02. The highest BCUT2D eigenvalue weighted by atomic mass is 19.1. The lowest BCUT2D eigenvalue weighted by atomic mass is 9.93. The molecular formula is C45H48F2N2O9. The lowest BCUT2D eigenvalue weighted by molar-refractivity contribution is -0.156. The summed E-state index contributed by atoms with van der Waals surface area (Å²) in [7, 11) is 0. The van der Waals surface area contributed by atoms with Crippen LogP contribution in [0.1, 0.15) is 83.0 Å². The Hall–Kier alpha value is -6.08. The van der Waals surface area contributed by atoms with Gasteiger partial charge in [0.15, 0.2) is 11.6 Å². The van der Waals surface area contributed by atoms with Crippen molar-refractivity contribution in [2.24, 2.45) is 5.92 Å². The fourth-order valence-corrected chi connectivity index (χ4v) is 6.50. The van der Waals surface area contributed by atoms with E-state index in [-0.39, 0.29) is 55.4 Å². The van der Waals surface area contributed by atoms with E-state index in [0.29, 0.717) is 30.7 Å². The Bertz CT molecular complexity index is 2050. The highest BCUT2D eigenvalue weighted by Gasteiger charge is 2.35. The SMILES string of the molecule is CC(CC(=O)O)C(=O)c1ccc(F)cc1.CCOC(=O)C1Cc2ccccc2CN1.CCOC(=O)C1Cc2ccccc2CN1C(=O)CCC(=O)c1ccc(F)cc1. The Morgan fingerprint density at radius 3 is 1.79 bits per heavy atom. The van der Waals surface area contributed by atoms with Crippen molar-refractivity contribution in [3.63, 3.8) is 0 Å². The van der Waals surface area contributed by atoms with E-state index in [2.05, 4.69) is 17.4 Å². The molecule has 2 N–H and O–H groups in total. The molecule has 0 fully saturated rings. The number of rotatable bonds is 12. The maximum atomic E-state index is 13.0. The van der Waals surface area contributed by atoms with E-state index in [9.17, 15) is 37.5 Å². The number of nitrogens with zero attached hydrogens (tertiary/aromatic N) is 1. The predicted octanol–water partition coefficient (Wildman–Crippen LogP) is 6.69. The molecule has 11 nitrogen and oxygen atoms in total. The molecule has 2 aliphatic rings. The van der Waals surface area contributed by atoms with Crippen molar-refractivity contribution in [1.82, 2.24) is 10.2 Å². The van der Waals surface area contributed by atoms with Crippen molar-refractivity contribution >= 4 is 35.4 Å². The molecule has 2 aliphatic heterocycles. The van der Waals surface area contributed by atoms with Crippen LogP contribution in [0.5, 0.6) is 0 Å². The van der Waals surface area contributed by atoms with Gasteiger partial charge in [-0.05, 0) is 91.1 Å². The predicted molar refractivity (Wildman–Crippen MR) is 211 cm³/mol. The number of fused-ring (bicyclic) bond motifs is 2. The molecule has 1 amide bonds. The number of carboxylic acids is 1. The van der Waals surface area contributed by atoms with Gasteiger partial charge in [0.1, 0.15) is 23.7 Å². The summed E-state index contributed by atoms with van der Waals surface area (Å²) < 4.78 is 35.7. The topological polar surface area (TPSA) is 156 Å². The molecule has 0 spiro atoms. The zero-order chi connectivity index (χ0) is 42.2. The van der Waals surface area contributed by atoms with Crippen LogP contribution in [0.2, 0.25) is 0 Å². The first-order chi connectivity index (χ1) is 27.8. The number of Topliss-reactive ketones (excluding diaryl/α,β-unsaturated/α-hetero) is 2. The largest absolute Gasteiger partial charge is 0.481 e. The molecule has 0 aromatic heterocycles. The molecule has 0 aliphatic carbocycles. The highest BCUT2D eigenvalue weighted by molar-refractivity contribution is 5.99. The molecule has 3 unspecified atom stereocenters. The number of carbonyl (C=O) groups excluding carboxylic acids is 5. The number of ether oxygens (including phenoxy) is 2. The van der Waals surface area contributed by atoms with Crippen molar-refractivity contribution < 1.29 is 52.1 Å². The number of ketones is 2. The second-order valence-corrected chi connectivity index (χ2v) is 13.7. The maximum Gasteiger partial charge on any atom is 0.329 e.